The molecule has 2 aromatic heterocycles. The molecule has 0 amide bonds. The lowest BCUT2D eigenvalue weighted by molar-refractivity contribution is 0.0429. The third-order valence-electron chi connectivity index (χ3n) is 3.88. The highest BCUT2D eigenvalue weighted by molar-refractivity contribution is 7.89. The number of carbonyl (C=O) groups is 1. The molecule has 0 atom stereocenters. The van der Waals surface area contributed by atoms with Gasteiger partial charge in [0.2, 0.25) is 15.8 Å². The molecule has 0 fully saturated rings. The molecule has 1 aromatic carbocycles. The fourth-order valence-corrected chi connectivity index (χ4v) is 3.26. The summed E-state index contributed by atoms with van der Waals surface area (Å²) >= 11 is 0. The summed E-state index contributed by atoms with van der Waals surface area (Å²) in [6.45, 7) is 3.03. The molecule has 10 heteroatoms. The zero-order valence-corrected chi connectivity index (χ0v) is 15.4. The van der Waals surface area contributed by atoms with E-state index in [1.807, 2.05) is 0 Å². The third-order valence-corrected chi connectivity index (χ3v) is 4.91. The molecule has 0 aliphatic heterocycles. The first-order chi connectivity index (χ1) is 12.8. The van der Waals surface area contributed by atoms with E-state index in [-0.39, 0.29) is 23.0 Å². The average Bonchev–Trinajstić information content (AvgIpc) is 3.10. The van der Waals surface area contributed by atoms with Crippen LogP contribution in [0.2, 0.25) is 0 Å². The first kappa shape index (κ1) is 18.7. The van der Waals surface area contributed by atoms with Gasteiger partial charge in [0, 0.05) is 18.0 Å². The van der Waals surface area contributed by atoms with Crippen LogP contribution < -0.4 is 5.14 Å². The van der Waals surface area contributed by atoms with E-state index in [1.165, 1.54) is 12.1 Å². The molecular formula is C17H16N4O5S. The van der Waals surface area contributed by atoms with Crippen molar-refractivity contribution >= 4 is 16.0 Å². The molecule has 2 N–H and O–H groups in total. The van der Waals surface area contributed by atoms with Crippen molar-refractivity contribution in [2.75, 3.05) is 0 Å². The van der Waals surface area contributed by atoms with Crippen LogP contribution in [0.15, 0.2) is 46.1 Å². The SMILES string of the molecule is Cc1cc(C(=O)OCc2nc(-c3cccnc3)no2)cc(S(N)(=O)=O)c1C. The largest absolute Gasteiger partial charge is 0.452 e. The van der Waals surface area contributed by atoms with Gasteiger partial charge in [0.15, 0.2) is 6.61 Å². The highest BCUT2D eigenvalue weighted by Crippen LogP contribution is 2.21. The van der Waals surface area contributed by atoms with Crippen molar-refractivity contribution in [3.8, 4) is 11.4 Å². The second kappa shape index (κ2) is 7.25. The van der Waals surface area contributed by atoms with E-state index in [0.717, 1.165) is 0 Å². The summed E-state index contributed by atoms with van der Waals surface area (Å²) in [6.07, 6.45) is 3.19. The molecule has 3 rings (SSSR count). The standard InChI is InChI=1S/C17H16N4O5S/c1-10-6-13(7-14(11(10)2)27(18,23)24)17(22)25-9-15-20-16(21-26-15)12-4-3-5-19-8-12/h3-8H,9H2,1-2H3,(H2,18,23,24). The Morgan fingerprint density at radius 1 is 1.30 bits per heavy atom. The number of aryl methyl sites for hydroxylation is 1. The number of rotatable bonds is 5. The number of hydrogen-bond acceptors (Lipinski definition) is 8. The zero-order chi connectivity index (χ0) is 19.6. The van der Waals surface area contributed by atoms with Crippen LogP contribution in [0.4, 0.5) is 0 Å². The minimum absolute atomic E-state index is 0.0640. The van der Waals surface area contributed by atoms with Crippen LogP contribution in [0.25, 0.3) is 11.4 Å². The van der Waals surface area contributed by atoms with E-state index in [2.05, 4.69) is 15.1 Å². The molecule has 0 aliphatic rings. The molecule has 0 saturated heterocycles. The van der Waals surface area contributed by atoms with Crippen molar-refractivity contribution in [3.63, 3.8) is 0 Å². The van der Waals surface area contributed by atoms with E-state index in [0.29, 0.717) is 22.5 Å². The molecule has 9 nitrogen and oxygen atoms in total. The van der Waals surface area contributed by atoms with Crippen LogP contribution in [-0.4, -0.2) is 29.5 Å². The van der Waals surface area contributed by atoms with Crippen LogP contribution in [0.5, 0.6) is 0 Å². The highest BCUT2D eigenvalue weighted by Gasteiger charge is 2.19. The smallest absolute Gasteiger partial charge is 0.338 e. The summed E-state index contributed by atoms with van der Waals surface area (Å²) in [5.41, 5.74) is 1.80. The van der Waals surface area contributed by atoms with Crippen molar-refractivity contribution in [1.82, 2.24) is 15.1 Å². The number of nitrogens with two attached hydrogens (primary N) is 1. The Balaban J connectivity index is 1.75. The minimum atomic E-state index is -3.96. The van der Waals surface area contributed by atoms with E-state index in [1.54, 1.807) is 38.4 Å². The van der Waals surface area contributed by atoms with Gasteiger partial charge in [-0.25, -0.2) is 18.4 Å². The van der Waals surface area contributed by atoms with Gasteiger partial charge in [0.05, 0.1) is 10.5 Å². The lowest BCUT2D eigenvalue weighted by Gasteiger charge is -2.10. The zero-order valence-electron chi connectivity index (χ0n) is 14.5. The Hall–Kier alpha value is -3.11. The van der Waals surface area contributed by atoms with E-state index in [9.17, 15) is 13.2 Å². The van der Waals surface area contributed by atoms with Gasteiger partial charge in [-0.2, -0.15) is 4.98 Å². The molecule has 0 bridgehead atoms. The second-order valence-corrected chi connectivity index (χ2v) is 7.32. The Bertz CT molecular complexity index is 1090. The highest BCUT2D eigenvalue weighted by atomic mass is 32.2. The number of nitrogens with zero attached hydrogens (tertiary/aromatic N) is 3. The van der Waals surface area contributed by atoms with Gasteiger partial charge in [0.1, 0.15) is 0 Å². The lowest BCUT2D eigenvalue weighted by atomic mass is 10.1. The van der Waals surface area contributed by atoms with Crippen LogP contribution >= 0.6 is 0 Å². The van der Waals surface area contributed by atoms with Crippen molar-refractivity contribution in [2.24, 2.45) is 5.14 Å². The number of primary sulfonamides is 1. The van der Waals surface area contributed by atoms with Crippen LogP contribution in [0, 0.1) is 13.8 Å². The summed E-state index contributed by atoms with van der Waals surface area (Å²) in [6, 6.07) is 6.21. The molecule has 0 unspecified atom stereocenters. The number of ether oxygens (including phenoxy) is 1. The monoisotopic (exact) mass is 388 g/mol. The topological polar surface area (TPSA) is 138 Å². The summed E-state index contributed by atoms with van der Waals surface area (Å²) in [5, 5.41) is 9.00. The number of carbonyl (C=O) groups excluding carboxylic acids is 1. The quantitative estimate of drug-likeness (QED) is 0.652. The maximum Gasteiger partial charge on any atom is 0.338 e. The van der Waals surface area contributed by atoms with Gasteiger partial charge in [-0.1, -0.05) is 5.16 Å². The maximum atomic E-state index is 12.3. The van der Waals surface area contributed by atoms with Gasteiger partial charge >= 0.3 is 5.97 Å². The first-order valence-corrected chi connectivity index (χ1v) is 9.34. The maximum absolute atomic E-state index is 12.3. The van der Waals surface area contributed by atoms with Crippen molar-refractivity contribution in [2.45, 2.75) is 25.3 Å². The van der Waals surface area contributed by atoms with Crippen molar-refractivity contribution in [3.05, 3.63) is 59.2 Å². The van der Waals surface area contributed by atoms with Crippen LogP contribution in [0.1, 0.15) is 27.4 Å². The predicted molar refractivity (Wildman–Crippen MR) is 93.9 cm³/mol. The van der Waals surface area contributed by atoms with Crippen molar-refractivity contribution in [1.29, 1.82) is 0 Å². The number of sulfonamides is 1. The summed E-state index contributed by atoms with van der Waals surface area (Å²) in [7, 11) is -3.96. The molecule has 0 spiro atoms. The molecule has 0 aliphatic carbocycles. The molecule has 3 aromatic rings. The Morgan fingerprint density at radius 2 is 2.07 bits per heavy atom. The van der Waals surface area contributed by atoms with Gasteiger partial charge in [-0.05, 0) is 49.2 Å². The third kappa shape index (κ3) is 4.18. The van der Waals surface area contributed by atoms with Gasteiger partial charge in [-0.15, -0.1) is 0 Å². The van der Waals surface area contributed by atoms with Gasteiger partial charge in [0.25, 0.3) is 5.89 Å². The summed E-state index contributed by atoms with van der Waals surface area (Å²) < 4.78 is 33.6. The Labute approximate surface area is 155 Å². The van der Waals surface area contributed by atoms with Crippen molar-refractivity contribution < 1.29 is 22.5 Å². The fourth-order valence-electron chi connectivity index (χ4n) is 2.38. The van der Waals surface area contributed by atoms with Crippen LogP contribution in [-0.2, 0) is 21.4 Å². The molecule has 2 heterocycles. The first-order valence-electron chi connectivity index (χ1n) is 7.80. The molecule has 140 valence electrons. The average molecular weight is 388 g/mol. The lowest BCUT2D eigenvalue weighted by Crippen LogP contribution is -2.16. The molecule has 0 radical (unpaired) electrons. The van der Waals surface area contributed by atoms with Crippen LogP contribution in [0.3, 0.4) is 0 Å². The minimum Gasteiger partial charge on any atom is -0.452 e. The van der Waals surface area contributed by atoms with E-state index >= 15 is 0 Å². The van der Waals surface area contributed by atoms with E-state index in [4.69, 9.17) is 14.4 Å². The summed E-state index contributed by atoms with van der Waals surface area (Å²) in [5.74, 6) is -0.321. The molecule has 27 heavy (non-hydrogen) atoms. The Morgan fingerprint density at radius 3 is 2.74 bits per heavy atom. The normalized spacial score (nSPS) is 11.4. The number of aromatic nitrogens is 3. The van der Waals surface area contributed by atoms with E-state index < -0.39 is 16.0 Å². The second-order valence-electron chi connectivity index (χ2n) is 5.79. The number of hydrogen-bond donors (Lipinski definition) is 1. The molecule has 0 saturated carbocycles. The number of esters is 1. The fraction of sp³-hybridized carbons (Fsp3) is 0.176. The predicted octanol–water partition coefficient (Wildman–Crippen LogP) is 1.75. The Kier molecular flexibility index (Phi) is 5.02. The molecular weight excluding hydrogens is 372 g/mol. The summed E-state index contributed by atoms with van der Waals surface area (Å²) in [4.78, 5) is 20.2. The van der Waals surface area contributed by atoms with Gasteiger partial charge < -0.3 is 9.26 Å². The van der Waals surface area contributed by atoms with Gasteiger partial charge in [-0.3, -0.25) is 4.98 Å². The number of benzene rings is 1. The number of pyridine rings is 1.